The highest BCUT2D eigenvalue weighted by molar-refractivity contribution is 14.2. The van der Waals surface area contributed by atoms with E-state index in [1.807, 2.05) is 23.2 Å². The van der Waals surface area contributed by atoms with Crippen molar-refractivity contribution in [1.82, 2.24) is 3.97 Å². The predicted molar refractivity (Wildman–Crippen MR) is 81.6 cm³/mol. The van der Waals surface area contributed by atoms with Crippen molar-refractivity contribution < 1.29 is 9.50 Å². The van der Waals surface area contributed by atoms with Gasteiger partial charge in [0.1, 0.15) is 5.82 Å². The number of nitrogens with zero attached hydrogens (tertiary/aromatic N) is 1. The molecule has 1 aliphatic rings. The van der Waals surface area contributed by atoms with Gasteiger partial charge in [-0.15, -0.1) is 0 Å². The van der Waals surface area contributed by atoms with Gasteiger partial charge in [0.15, 0.2) is 0 Å². The van der Waals surface area contributed by atoms with Crippen LogP contribution in [0.4, 0.5) is 4.39 Å². The number of rotatable bonds is 2. The average molecular weight is 377 g/mol. The molecule has 0 atom stereocenters. The van der Waals surface area contributed by atoms with Crippen LogP contribution in [0.3, 0.4) is 0 Å². The largest absolute Gasteiger partial charge is 0.393 e. The van der Waals surface area contributed by atoms with Crippen molar-refractivity contribution in [2.45, 2.75) is 31.8 Å². The molecule has 0 radical (unpaired) electrons. The number of aryl methyl sites for hydroxylation is 1. The normalized spacial score (nSPS) is 23.3. The number of aliphatic hydroxyl groups is 1. The van der Waals surface area contributed by atoms with Gasteiger partial charge in [-0.05, 0) is 48.9 Å². The highest BCUT2D eigenvalue weighted by Gasteiger charge is 2.31. The molecule has 0 saturated heterocycles. The van der Waals surface area contributed by atoms with Crippen molar-refractivity contribution in [1.29, 1.82) is 0 Å². The number of aliphatic hydroxyl groups excluding tert-OH is 1. The molecule has 0 unspecified atom stereocenters. The second-order valence-electron chi connectivity index (χ2n) is 4.88. The van der Waals surface area contributed by atoms with Crippen molar-refractivity contribution >= 4 is 41.2 Å². The fourth-order valence-corrected chi connectivity index (χ4v) is 4.18. The van der Waals surface area contributed by atoms with Crippen LogP contribution in [-0.4, -0.2) is 15.2 Å². The Bertz CT molecular complexity index is 607. The molecule has 96 valence electrons. The summed E-state index contributed by atoms with van der Waals surface area (Å²) in [6, 6.07) is 3.60. The molecular formula is C13H13FINOS. The summed E-state index contributed by atoms with van der Waals surface area (Å²) in [7, 11) is 1.47. The van der Waals surface area contributed by atoms with E-state index in [2.05, 4.69) is 21.2 Å². The summed E-state index contributed by atoms with van der Waals surface area (Å²) in [4.78, 5) is 0. The van der Waals surface area contributed by atoms with Gasteiger partial charge in [-0.1, -0.05) is 0 Å². The van der Waals surface area contributed by atoms with Gasteiger partial charge in [-0.3, -0.25) is 3.97 Å². The molecule has 2 aromatic rings. The number of benzene rings is 1. The number of halogens is 2. The zero-order chi connectivity index (χ0) is 12.9. The fraction of sp³-hybridized carbons (Fsp3) is 0.385. The Labute approximate surface area is 121 Å². The zero-order valence-electron chi connectivity index (χ0n) is 9.86. The summed E-state index contributed by atoms with van der Waals surface area (Å²) < 4.78 is 15.9. The lowest BCUT2D eigenvalue weighted by atomic mass is 9.75. The monoisotopic (exact) mass is 377 g/mol. The third-order valence-electron chi connectivity index (χ3n) is 3.73. The molecule has 0 spiro atoms. The number of fused-ring (bicyclic) bond motifs is 1. The third-order valence-corrected chi connectivity index (χ3v) is 5.46. The molecule has 0 amide bonds. The molecule has 0 bridgehead atoms. The topological polar surface area (TPSA) is 25.2 Å². The molecule has 1 aliphatic carbocycles. The number of hydrogen-bond acceptors (Lipinski definition) is 2. The first-order valence-corrected chi connectivity index (χ1v) is 9.20. The van der Waals surface area contributed by atoms with Crippen LogP contribution < -0.4 is 0 Å². The minimum atomic E-state index is -0.185. The van der Waals surface area contributed by atoms with Crippen LogP contribution >= 0.6 is 30.3 Å². The lowest BCUT2D eigenvalue weighted by Crippen LogP contribution is -2.27. The molecule has 1 aromatic carbocycles. The Morgan fingerprint density at radius 1 is 1.50 bits per heavy atom. The van der Waals surface area contributed by atoms with Gasteiger partial charge in [0.2, 0.25) is 0 Å². The molecule has 18 heavy (non-hydrogen) atoms. The highest BCUT2D eigenvalue weighted by Crippen LogP contribution is 2.43. The standard InChI is InChI=1S/C13H13FINOS/c1-7-4-11(14)13-10(2-3-16(13)18-15)12(7)8-5-9(17)6-8/h2-4,8-9,17H,5-6H2,1H3. The lowest BCUT2D eigenvalue weighted by molar-refractivity contribution is 0.0749. The Morgan fingerprint density at radius 2 is 2.22 bits per heavy atom. The van der Waals surface area contributed by atoms with Crippen molar-refractivity contribution in [3.63, 3.8) is 0 Å². The van der Waals surface area contributed by atoms with Gasteiger partial charge in [0.05, 0.1) is 11.6 Å². The van der Waals surface area contributed by atoms with Gasteiger partial charge < -0.3 is 5.11 Å². The summed E-state index contributed by atoms with van der Waals surface area (Å²) in [5.41, 5.74) is 2.87. The quantitative estimate of drug-likeness (QED) is 0.795. The van der Waals surface area contributed by atoms with E-state index in [1.54, 1.807) is 6.07 Å². The maximum atomic E-state index is 14.1. The van der Waals surface area contributed by atoms with E-state index >= 15 is 0 Å². The summed E-state index contributed by atoms with van der Waals surface area (Å²) in [5.74, 6) is 0.207. The minimum absolute atomic E-state index is 0.166. The van der Waals surface area contributed by atoms with Crippen LogP contribution in [-0.2, 0) is 0 Å². The predicted octanol–water partition coefficient (Wildman–Crippen LogP) is 4.17. The van der Waals surface area contributed by atoms with Crippen LogP contribution in [0.15, 0.2) is 18.3 Å². The molecular weight excluding hydrogens is 364 g/mol. The van der Waals surface area contributed by atoms with Crippen LogP contribution in [0.5, 0.6) is 0 Å². The van der Waals surface area contributed by atoms with E-state index in [0.717, 1.165) is 23.8 Å². The number of hydrogen-bond donors (Lipinski definition) is 1. The van der Waals surface area contributed by atoms with Gasteiger partial charge in [-0.2, -0.15) is 0 Å². The third kappa shape index (κ3) is 1.87. The molecule has 1 heterocycles. The molecule has 1 saturated carbocycles. The van der Waals surface area contributed by atoms with Gasteiger partial charge in [-0.25, -0.2) is 4.39 Å². The maximum absolute atomic E-state index is 14.1. The van der Waals surface area contributed by atoms with Gasteiger partial charge in [0, 0.05) is 41.9 Å². The van der Waals surface area contributed by atoms with Crippen LogP contribution in [0.1, 0.15) is 29.9 Å². The second-order valence-corrected chi connectivity index (χ2v) is 6.60. The Kier molecular flexibility index (Phi) is 3.32. The maximum Gasteiger partial charge on any atom is 0.148 e. The summed E-state index contributed by atoms with van der Waals surface area (Å²) in [6.45, 7) is 1.96. The van der Waals surface area contributed by atoms with Crippen LogP contribution in [0, 0.1) is 12.7 Å². The fourth-order valence-electron chi connectivity index (χ4n) is 2.84. The van der Waals surface area contributed by atoms with Crippen LogP contribution in [0.2, 0.25) is 0 Å². The Hall–Kier alpha value is -0.270. The van der Waals surface area contributed by atoms with Crippen molar-refractivity contribution in [3.8, 4) is 0 Å². The highest BCUT2D eigenvalue weighted by atomic mass is 127. The lowest BCUT2D eigenvalue weighted by Gasteiger charge is -2.33. The molecule has 3 rings (SSSR count). The van der Waals surface area contributed by atoms with Gasteiger partial charge in [0.25, 0.3) is 0 Å². The average Bonchev–Trinajstić information content (AvgIpc) is 2.70. The first-order chi connectivity index (χ1) is 8.61. The van der Waals surface area contributed by atoms with E-state index in [9.17, 15) is 9.50 Å². The van der Waals surface area contributed by atoms with E-state index < -0.39 is 0 Å². The summed E-state index contributed by atoms with van der Waals surface area (Å²) >= 11 is 2.15. The molecule has 0 aliphatic heterocycles. The zero-order valence-corrected chi connectivity index (χ0v) is 12.8. The molecule has 2 nitrogen and oxygen atoms in total. The van der Waals surface area contributed by atoms with Crippen molar-refractivity contribution in [3.05, 3.63) is 35.3 Å². The van der Waals surface area contributed by atoms with Crippen molar-refractivity contribution in [2.24, 2.45) is 0 Å². The van der Waals surface area contributed by atoms with E-state index in [4.69, 9.17) is 0 Å². The van der Waals surface area contributed by atoms with Gasteiger partial charge >= 0.3 is 0 Å². The van der Waals surface area contributed by atoms with Crippen molar-refractivity contribution in [2.75, 3.05) is 0 Å². The summed E-state index contributed by atoms with van der Waals surface area (Å²) in [6.07, 6.45) is 3.31. The SMILES string of the molecule is Cc1cc(F)c2c(ccn2SI)c1C1CC(O)C1. The summed E-state index contributed by atoms with van der Waals surface area (Å²) in [5, 5.41) is 10.5. The Balaban J connectivity index is 2.21. The van der Waals surface area contributed by atoms with E-state index in [0.29, 0.717) is 11.4 Å². The smallest absolute Gasteiger partial charge is 0.148 e. The van der Waals surface area contributed by atoms with Crippen LogP contribution in [0.25, 0.3) is 10.9 Å². The first kappa shape index (κ1) is 12.7. The van der Waals surface area contributed by atoms with E-state index in [1.165, 1.54) is 14.7 Å². The Morgan fingerprint density at radius 3 is 2.83 bits per heavy atom. The first-order valence-electron chi connectivity index (χ1n) is 5.89. The molecule has 1 fully saturated rings. The minimum Gasteiger partial charge on any atom is -0.393 e. The molecule has 1 aromatic heterocycles. The molecule has 5 heteroatoms. The molecule has 1 N–H and O–H groups in total. The van der Waals surface area contributed by atoms with E-state index in [-0.39, 0.29) is 11.9 Å². The number of aromatic nitrogens is 1. The second kappa shape index (κ2) is 4.68.